The molecule has 1 aromatic heterocycles. The number of carbonyl (C=O) groups is 1. The van der Waals surface area contributed by atoms with Crippen LogP contribution < -0.4 is 11.1 Å². The lowest BCUT2D eigenvalue weighted by molar-refractivity contribution is -0.126. The highest BCUT2D eigenvalue weighted by molar-refractivity contribution is 7.10. The molecule has 5 nitrogen and oxygen atoms in total. The van der Waals surface area contributed by atoms with Gasteiger partial charge in [0, 0.05) is 16.8 Å². The molecule has 1 amide bonds. The van der Waals surface area contributed by atoms with Crippen LogP contribution in [0.25, 0.3) is 0 Å². The van der Waals surface area contributed by atoms with Crippen molar-refractivity contribution in [2.45, 2.75) is 33.1 Å². The number of hydrogen-bond donors (Lipinski definition) is 3. The summed E-state index contributed by atoms with van der Waals surface area (Å²) in [7, 11) is 0. The molecular formula is C13H21N3O2S. The highest BCUT2D eigenvalue weighted by atomic mass is 32.1. The van der Waals surface area contributed by atoms with Crippen molar-refractivity contribution < 1.29 is 10.0 Å². The van der Waals surface area contributed by atoms with Crippen LogP contribution in [0.5, 0.6) is 0 Å². The zero-order chi connectivity index (χ0) is 14.7. The monoisotopic (exact) mass is 283 g/mol. The van der Waals surface area contributed by atoms with Crippen molar-refractivity contribution in [3.63, 3.8) is 0 Å². The Balaban J connectivity index is 2.70. The maximum atomic E-state index is 12.1. The lowest BCUT2D eigenvalue weighted by atomic mass is 9.88. The van der Waals surface area contributed by atoms with Crippen LogP contribution in [0.15, 0.2) is 22.7 Å². The Morgan fingerprint density at radius 3 is 2.58 bits per heavy atom. The lowest BCUT2D eigenvalue weighted by Gasteiger charge is -2.27. The van der Waals surface area contributed by atoms with Crippen LogP contribution in [0, 0.1) is 5.41 Å². The molecule has 0 aliphatic heterocycles. The Morgan fingerprint density at radius 1 is 1.47 bits per heavy atom. The molecule has 0 saturated carbocycles. The largest absolute Gasteiger partial charge is 0.409 e. The van der Waals surface area contributed by atoms with Gasteiger partial charge in [-0.2, -0.15) is 0 Å². The summed E-state index contributed by atoms with van der Waals surface area (Å²) in [6, 6.07) is 4.04. The van der Waals surface area contributed by atoms with Crippen molar-refractivity contribution in [3.8, 4) is 0 Å². The first-order chi connectivity index (χ1) is 8.71. The smallest absolute Gasteiger partial charge is 0.233 e. The number of oxime groups is 1. The fraction of sp³-hybridized carbons (Fsp3) is 0.538. The molecule has 106 valence electrons. The number of thiophene rings is 1. The number of hydrogen-bond acceptors (Lipinski definition) is 4. The number of carbonyl (C=O) groups excluding carboxylic acids is 1. The number of rotatable bonds is 5. The summed E-state index contributed by atoms with van der Waals surface area (Å²) >= 11 is 1.66. The summed E-state index contributed by atoms with van der Waals surface area (Å²) in [6.45, 7) is 7.87. The van der Waals surface area contributed by atoms with E-state index in [1.165, 1.54) is 4.88 Å². The molecule has 0 aliphatic rings. The van der Waals surface area contributed by atoms with Crippen molar-refractivity contribution >= 4 is 23.1 Å². The fourth-order valence-electron chi connectivity index (χ4n) is 1.51. The Labute approximate surface area is 117 Å². The third-order valence-electron chi connectivity index (χ3n) is 3.19. The summed E-state index contributed by atoms with van der Waals surface area (Å²) in [5.41, 5.74) is 4.35. The Hall–Kier alpha value is -1.56. The van der Waals surface area contributed by atoms with Crippen molar-refractivity contribution in [2.24, 2.45) is 16.3 Å². The van der Waals surface area contributed by atoms with Crippen LogP contribution in [0.2, 0.25) is 0 Å². The molecule has 0 aliphatic carbocycles. The second-order valence-corrected chi connectivity index (χ2v) is 6.60. The second-order valence-electron chi connectivity index (χ2n) is 5.65. The number of amidine groups is 1. The third kappa shape index (κ3) is 3.47. The molecule has 6 heteroatoms. The molecule has 0 fully saturated rings. The van der Waals surface area contributed by atoms with Gasteiger partial charge in [-0.05, 0) is 25.3 Å². The predicted molar refractivity (Wildman–Crippen MR) is 77.5 cm³/mol. The molecule has 1 heterocycles. The van der Waals surface area contributed by atoms with Gasteiger partial charge in [-0.25, -0.2) is 0 Å². The van der Waals surface area contributed by atoms with E-state index in [9.17, 15) is 4.79 Å². The van der Waals surface area contributed by atoms with Gasteiger partial charge in [-0.1, -0.05) is 25.1 Å². The number of amides is 1. The van der Waals surface area contributed by atoms with E-state index >= 15 is 0 Å². The first-order valence-corrected chi connectivity index (χ1v) is 6.90. The quantitative estimate of drug-likeness (QED) is 0.334. The first-order valence-electron chi connectivity index (χ1n) is 6.02. The highest BCUT2D eigenvalue weighted by Gasteiger charge is 2.34. The van der Waals surface area contributed by atoms with E-state index in [0.29, 0.717) is 6.54 Å². The maximum absolute atomic E-state index is 12.1. The molecule has 0 atom stereocenters. The van der Waals surface area contributed by atoms with Crippen molar-refractivity contribution in [2.75, 3.05) is 6.54 Å². The zero-order valence-corrected chi connectivity index (χ0v) is 12.5. The van der Waals surface area contributed by atoms with E-state index in [-0.39, 0.29) is 17.2 Å². The zero-order valence-electron chi connectivity index (χ0n) is 11.7. The van der Waals surface area contributed by atoms with Gasteiger partial charge in [0.2, 0.25) is 5.91 Å². The second kappa shape index (κ2) is 5.61. The average molecular weight is 283 g/mol. The van der Waals surface area contributed by atoms with E-state index in [1.54, 1.807) is 25.2 Å². The van der Waals surface area contributed by atoms with Crippen molar-refractivity contribution in [3.05, 3.63) is 22.4 Å². The van der Waals surface area contributed by atoms with Crippen LogP contribution in [0.1, 0.15) is 32.6 Å². The minimum Gasteiger partial charge on any atom is -0.409 e. The molecule has 0 aromatic carbocycles. The van der Waals surface area contributed by atoms with E-state index in [0.717, 1.165) is 0 Å². The van der Waals surface area contributed by atoms with Crippen LogP contribution in [-0.2, 0) is 10.2 Å². The molecule has 1 rings (SSSR count). The molecule has 0 saturated heterocycles. The van der Waals surface area contributed by atoms with E-state index in [4.69, 9.17) is 10.9 Å². The van der Waals surface area contributed by atoms with Crippen LogP contribution in [-0.4, -0.2) is 23.5 Å². The van der Waals surface area contributed by atoms with E-state index < -0.39 is 5.41 Å². The number of nitrogens with zero attached hydrogens (tertiary/aromatic N) is 1. The van der Waals surface area contributed by atoms with Gasteiger partial charge >= 0.3 is 0 Å². The lowest BCUT2D eigenvalue weighted by Crippen LogP contribution is -2.48. The van der Waals surface area contributed by atoms with Gasteiger partial charge in [0.15, 0.2) is 5.84 Å². The molecule has 0 radical (unpaired) electrons. The fourth-order valence-corrected chi connectivity index (χ4v) is 2.37. The van der Waals surface area contributed by atoms with Crippen LogP contribution in [0.3, 0.4) is 0 Å². The normalized spacial score (nSPS) is 13.4. The van der Waals surface area contributed by atoms with Gasteiger partial charge in [0.05, 0.1) is 0 Å². The Bertz CT molecular complexity index is 464. The summed E-state index contributed by atoms with van der Waals surface area (Å²) in [4.78, 5) is 13.3. The minimum atomic E-state index is -1.03. The Kier molecular flexibility index (Phi) is 4.57. The van der Waals surface area contributed by atoms with Gasteiger partial charge in [-0.3, -0.25) is 4.79 Å². The summed E-state index contributed by atoms with van der Waals surface area (Å²) in [6.07, 6.45) is 0. The van der Waals surface area contributed by atoms with Crippen LogP contribution >= 0.6 is 11.3 Å². The molecule has 0 bridgehead atoms. The maximum Gasteiger partial charge on any atom is 0.233 e. The molecule has 1 aromatic rings. The van der Waals surface area contributed by atoms with Gasteiger partial charge in [0.1, 0.15) is 5.41 Å². The predicted octanol–water partition coefficient (Wildman–Crippen LogP) is 1.91. The topological polar surface area (TPSA) is 87.7 Å². The standard InChI is InChI=1S/C13H21N3O2S/c1-12(2,9-6-5-7-19-9)8-15-11(17)13(3,4)10(14)16-18/h5-7,18H,8H2,1-4H3,(H2,14,16)(H,15,17). The summed E-state index contributed by atoms with van der Waals surface area (Å²) < 4.78 is 0. The summed E-state index contributed by atoms with van der Waals surface area (Å²) in [5, 5.41) is 16.5. The van der Waals surface area contributed by atoms with Gasteiger partial charge in [0.25, 0.3) is 0 Å². The molecule has 0 spiro atoms. The first kappa shape index (κ1) is 15.5. The van der Waals surface area contributed by atoms with Gasteiger partial charge in [-0.15, -0.1) is 11.3 Å². The van der Waals surface area contributed by atoms with Crippen LogP contribution in [0.4, 0.5) is 0 Å². The van der Waals surface area contributed by atoms with Gasteiger partial charge < -0.3 is 16.3 Å². The van der Waals surface area contributed by atoms with Crippen molar-refractivity contribution in [1.29, 1.82) is 0 Å². The molecule has 4 N–H and O–H groups in total. The average Bonchev–Trinajstić information content (AvgIpc) is 2.89. The SMILES string of the molecule is CC(C)(C(=O)NCC(C)(C)c1cccs1)/C(N)=N/O. The third-order valence-corrected chi connectivity index (χ3v) is 4.43. The van der Waals surface area contributed by atoms with Crippen molar-refractivity contribution in [1.82, 2.24) is 5.32 Å². The minimum absolute atomic E-state index is 0.0982. The summed E-state index contributed by atoms with van der Waals surface area (Å²) in [5.74, 6) is -0.355. The Morgan fingerprint density at radius 2 is 2.11 bits per heavy atom. The molecule has 19 heavy (non-hydrogen) atoms. The molecular weight excluding hydrogens is 262 g/mol. The highest BCUT2D eigenvalue weighted by Crippen LogP contribution is 2.27. The molecule has 0 unspecified atom stereocenters. The number of nitrogens with two attached hydrogens (primary N) is 1. The van der Waals surface area contributed by atoms with E-state index in [1.807, 2.05) is 17.5 Å². The number of nitrogens with one attached hydrogen (secondary N) is 1. The van der Waals surface area contributed by atoms with E-state index in [2.05, 4.69) is 24.3 Å².